The Kier molecular flexibility index (Phi) is 6.38. The Labute approximate surface area is 149 Å². The molecule has 2 aromatic rings. The molecule has 5 nitrogen and oxygen atoms in total. The molecule has 0 aliphatic rings. The summed E-state index contributed by atoms with van der Waals surface area (Å²) in [4.78, 5) is 12.0. The fourth-order valence-corrected chi connectivity index (χ4v) is 3.02. The molecule has 0 aliphatic heterocycles. The number of hydrogen-bond acceptors (Lipinski definition) is 3. The number of nitrogens with zero attached hydrogens (tertiary/aromatic N) is 1. The molecular formula is C17H17F3N2O3S. The van der Waals surface area contributed by atoms with Crippen molar-refractivity contribution in [1.29, 1.82) is 0 Å². The fourth-order valence-electron chi connectivity index (χ4n) is 2.25. The molecule has 0 spiro atoms. The molecule has 2 rings (SSSR count). The molecule has 1 N–H and O–H groups in total. The largest absolute Gasteiger partial charge is 0.322 e. The summed E-state index contributed by atoms with van der Waals surface area (Å²) in [5, 5.41) is 2.19. The van der Waals surface area contributed by atoms with Crippen molar-refractivity contribution in [2.24, 2.45) is 0 Å². The van der Waals surface area contributed by atoms with E-state index in [0.29, 0.717) is 11.6 Å². The van der Waals surface area contributed by atoms with E-state index in [1.807, 2.05) is 0 Å². The van der Waals surface area contributed by atoms with E-state index >= 15 is 0 Å². The predicted octanol–water partition coefficient (Wildman–Crippen LogP) is 2.55. The van der Waals surface area contributed by atoms with E-state index < -0.39 is 39.9 Å². The van der Waals surface area contributed by atoms with Gasteiger partial charge in [0.15, 0.2) is 0 Å². The minimum atomic E-state index is -3.76. The molecule has 0 aromatic heterocycles. The quantitative estimate of drug-likeness (QED) is 0.795. The minimum Gasteiger partial charge on any atom is -0.322 e. The number of halogens is 3. The number of anilines is 1. The van der Waals surface area contributed by atoms with Crippen LogP contribution in [0.2, 0.25) is 0 Å². The molecule has 0 saturated carbocycles. The van der Waals surface area contributed by atoms with Crippen LogP contribution in [0.15, 0.2) is 42.5 Å². The van der Waals surface area contributed by atoms with Gasteiger partial charge in [-0.2, -0.15) is 4.31 Å². The summed E-state index contributed by atoms with van der Waals surface area (Å²) in [6.45, 7) is -0.705. The van der Waals surface area contributed by atoms with Gasteiger partial charge in [-0.05, 0) is 30.2 Å². The van der Waals surface area contributed by atoms with Gasteiger partial charge in [0, 0.05) is 12.6 Å². The lowest BCUT2D eigenvalue weighted by molar-refractivity contribution is -0.116. The number of hydrogen-bond donors (Lipinski definition) is 1. The van der Waals surface area contributed by atoms with Crippen LogP contribution in [-0.4, -0.2) is 38.0 Å². The zero-order valence-corrected chi connectivity index (χ0v) is 14.7. The highest BCUT2D eigenvalue weighted by molar-refractivity contribution is 7.88. The van der Waals surface area contributed by atoms with Gasteiger partial charge in [0.1, 0.15) is 17.5 Å². The first-order chi connectivity index (χ1) is 12.2. The van der Waals surface area contributed by atoms with Crippen molar-refractivity contribution in [2.75, 3.05) is 24.7 Å². The van der Waals surface area contributed by atoms with E-state index in [9.17, 15) is 26.4 Å². The first-order valence-corrected chi connectivity index (χ1v) is 9.45. The number of rotatable bonds is 7. The van der Waals surface area contributed by atoms with Gasteiger partial charge in [-0.15, -0.1) is 0 Å². The maximum atomic E-state index is 13.6. The molecule has 0 fully saturated rings. The van der Waals surface area contributed by atoms with E-state index in [0.717, 1.165) is 22.7 Å². The van der Waals surface area contributed by atoms with Gasteiger partial charge >= 0.3 is 0 Å². The van der Waals surface area contributed by atoms with Crippen LogP contribution in [0.5, 0.6) is 0 Å². The molecule has 0 aliphatic carbocycles. The summed E-state index contributed by atoms with van der Waals surface area (Å²) in [7, 11) is -3.76. The van der Waals surface area contributed by atoms with Crippen LogP contribution in [0, 0.1) is 17.5 Å². The SMILES string of the molecule is CS(=O)(=O)N(CCc1ccccc1F)CC(=O)Nc1ccc(F)cc1F. The second kappa shape index (κ2) is 8.33. The molecular weight excluding hydrogens is 369 g/mol. The van der Waals surface area contributed by atoms with Crippen LogP contribution in [0.1, 0.15) is 5.56 Å². The maximum absolute atomic E-state index is 13.6. The minimum absolute atomic E-state index is 0.0674. The Morgan fingerprint density at radius 1 is 1.08 bits per heavy atom. The van der Waals surface area contributed by atoms with Crippen LogP contribution in [0.3, 0.4) is 0 Å². The lowest BCUT2D eigenvalue weighted by Gasteiger charge is -2.19. The van der Waals surface area contributed by atoms with Crippen LogP contribution in [0.4, 0.5) is 18.9 Å². The summed E-state index contributed by atoms with van der Waals surface area (Å²) >= 11 is 0. The summed E-state index contributed by atoms with van der Waals surface area (Å²) in [6, 6.07) is 8.50. The number of carbonyl (C=O) groups excluding carboxylic acids is 1. The van der Waals surface area contributed by atoms with E-state index in [1.54, 1.807) is 6.07 Å². The van der Waals surface area contributed by atoms with Crippen molar-refractivity contribution in [2.45, 2.75) is 6.42 Å². The molecule has 0 saturated heterocycles. The molecule has 0 atom stereocenters. The van der Waals surface area contributed by atoms with Crippen molar-refractivity contribution in [1.82, 2.24) is 4.31 Å². The number of benzene rings is 2. The van der Waals surface area contributed by atoms with E-state index in [2.05, 4.69) is 5.32 Å². The zero-order valence-electron chi connectivity index (χ0n) is 13.9. The van der Waals surface area contributed by atoms with Crippen LogP contribution in [-0.2, 0) is 21.2 Å². The maximum Gasteiger partial charge on any atom is 0.239 e. The highest BCUT2D eigenvalue weighted by atomic mass is 32.2. The number of amides is 1. The summed E-state index contributed by atoms with van der Waals surface area (Å²) in [5.74, 6) is -3.05. The van der Waals surface area contributed by atoms with Gasteiger partial charge in [0.05, 0.1) is 18.5 Å². The molecule has 0 heterocycles. The normalized spacial score (nSPS) is 11.6. The third-order valence-corrected chi connectivity index (χ3v) is 4.83. The van der Waals surface area contributed by atoms with Crippen molar-refractivity contribution < 1.29 is 26.4 Å². The Hall–Kier alpha value is -2.39. The van der Waals surface area contributed by atoms with Crippen molar-refractivity contribution in [3.63, 3.8) is 0 Å². The van der Waals surface area contributed by atoms with E-state index in [4.69, 9.17) is 0 Å². The Balaban J connectivity index is 2.05. The monoisotopic (exact) mass is 386 g/mol. The second-order valence-corrected chi connectivity index (χ2v) is 7.59. The van der Waals surface area contributed by atoms with E-state index in [1.165, 1.54) is 18.2 Å². The lowest BCUT2D eigenvalue weighted by Crippen LogP contribution is -2.38. The van der Waals surface area contributed by atoms with Gasteiger partial charge in [-0.1, -0.05) is 18.2 Å². The topological polar surface area (TPSA) is 66.5 Å². The third-order valence-electron chi connectivity index (χ3n) is 3.58. The molecule has 0 bridgehead atoms. The molecule has 140 valence electrons. The second-order valence-electron chi connectivity index (χ2n) is 5.61. The average molecular weight is 386 g/mol. The van der Waals surface area contributed by atoms with Crippen LogP contribution < -0.4 is 5.32 Å². The van der Waals surface area contributed by atoms with Crippen molar-refractivity contribution >= 4 is 21.6 Å². The highest BCUT2D eigenvalue weighted by Gasteiger charge is 2.21. The summed E-state index contributed by atoms with van der Waals surface area (Å²) in [5.41, 5.74) is 0.0464. The van der Waals surface area contributed by atoms with Crippen LogP contribution >= 0.6 is 0 Å². The van der Waals surface area contributed by atoms with Gasteiger partial charge in [-0.25, -0.2) is 21.6 Å². The van der Waals surface area contributed by atoms with Crippen molar-refractivity contribution in [3.8, 4) is 0 Å². The first-order valence-electron chi connectivity index (χ1n) is 7.60. The summed E-state index contributed by atoms with van der Waals surface area (Å²) in [6.07, 6.45) is 0.984. The molecule has 0 unspecified atom stereocenters. The lowest BCUT2D eigenvalue weighted by atomic mass is 10.1. The molecule has 1 amide bonds. The Bertz CT molecular complexity index is 904. The number of nitrogens with one attached hydrogen (secondary N) is 1. The molecule has 2 aromatic carbocycles. The van der Waals surface area contributed by atoms with Crippen LogP contribution in [0.25, 0.3) is 0 Å². The van der Waals surface area contributed by atoms with Gasteiger partial charge in [-0.3, -0.25) is 4.79 Å². The summed E-state index contributed by atoms with van der Waals surface area (Å²) < 4.78 is 64.7. The van der Waals surface area contributed by atoms with Gasteiger partial charge in [0.2, 0.25) is 15.9 Å². The number of sulfonamides is 1. The van der Waals surface area contributed by atoms with Crippen molar-refractivity contribution in [3.05, 3.63) is 65.5 Å². The zero-order chi connectivity index (χ0) is 19.3. The average Bonchev–Trinajstić information content (AvgIpc) is 2.54. The van der Waals surface area contributed by atoms with Gasteiger partial charge in [0.25, 0.3) is 0 Å². The Morgan fingerprint density at radius 2 is 1.77 bits per heavy atom. The first kappa shape index (κ1) is 19.9. The van der Waals surface area contributed by atoms with E-state index in [-0.39, 0.29) is 18.7 Å². The number of carbonyl (C=O) groups is 1. The predicted molar refractivity (Wildman–Crippen MR) is 91.5 cm³/mol. The molecule has 26 heavy (non-hydrogen) atoms. The third kappa shape index (κ3) is 5.57. The smallest absolute Gasteiger partial charge is 0.239 e. The molecule has 9 heteroatoms. The standard InChI is InChI=1S/C17H17F3N2O3S/c1-26(24,25)22(9-8-12-4-2-3-5-14(12)19)11-17(23)21-16-7-6-13(18)10-15(16)20/h2-7,10H,8-9,11H2,1H3,(H,21,23). The van der Waals surface area contributed by atoms with Gasteiger partial charge < -0.3 is 5.32 Å². The Morgan fingerprint density at radius 3 is 2.38 bits per heavy atom. The highest BCUT2D eigenvalue weighted by Crippen LogP contribution is 2.15. The molecule has 0 radical (unpaired) electrons. The fraction of sp³-hybridized carbons (Fsp3) is 0.235.